The number of fused-ring (bicyclic) bond motifs is 1. The van der Waals surface area contributed by atoms with Crippen LogP contribution in [0.15, 0.2) is 71.5 Å². The number of hydrogen-bond donors (Lipinski definition) is 0. The average Bonchev–Trinajstić information content (AvgIpc) is 3.55. The molecule has 0 atom stereocenters. The van der Waals surface area contributed by atoms with E-state index in [4.69, 9.17) is 0 Å². The van der Waals surface area contributed by atoms with Crippen molar-refractivity contribution in [1.29, 1.82) is 0 Å². The van der Waals surface area contributed by atoms with Crippen molar-refractivity contribution in [1.82, 2.24) is 9.78 Å². The van der Waals surface area contributed by atoms with Crippen molar-refractivity contribution in [3.05, 3.63) is 94.3 Å². The molecule has 0 N–H and O–H groups in total. The summed E-state index contributed by atoms with van der Waals surface area (Å²) >= 11 is 0. The molecule has 1 aliphatic rings. The van der Waals surface area contributed by atoms with Gasteiger partial charge >= 0.3 is 0 Å². The zero-order valence-electron chi connectivity index (χ0n) is 14.9. The summed E-state index contributed by atoms with van der Waals surface area (Å²) in [5, 5.41) is 5.71. The van der Waals surface area contributed by atoms with Crippen LogP contribution in [0.5, 0.6) is 0 Å². The number of benzene rings is 3. The fourth-order valence-corrected chi connectivity index (χ4v) is 3.67. The van der Waals surface area contributed by atoms with E-state index in [1.807, 2.05) is 30.3 Å². The molecular formula is C23H16F2N2O. The standard InChI is InChI=1S/C23H16F2N2O/c24-15-11-12-21(20(25)13-15)27-23(28)19-8-4-3-7-18(19)22(26-27)17-6-2-1-5-16(17)14-9-10-14/h1-8,11-14H,9-10H2. The van der Waals surface area contributed by atoms with Gasteiger partial charge in [-0.3, -0.25) is 4.79 Å². The summed E-state index contributed by atoms with van der Waals surface area (Å²) in [6, 6.07) is 18.3. The molecule has 0 amide bonds. The summed E-state index contributed by atoms with van der Waals surface area (Å²) in [6.07, 6.45) is 2.25. The third kappa shape index (κ3) is 2.71. The Morgan fingerprint density at radius 1 is 0.893 bits per heavy atom. The van der Waals surface area contributed by atoms with Gasteiger partial charge in [-0.05, 0) is 42.5 Å². The first-order valence-corrected chi connectivity index (χ1v) is 9.20. The smallest absolute Gasteiger partial charge is 0.267 e. The summed E-state index contributed by atoms with van der Waals surface area (Å²) in [5.74, 6) is -1.04. The van der Waals surface area contributed by atoms with Gasteiger partial charge in [0.05, 0.1) is 11.1 Å². The second kappa shape index (κ2) is 6.37. The van der Waals surface area contributed by atoms with Gasteiger partial charge in [0.1, 0.15) is 11.5 Å². The molecule has 0 unspecified atom stereocenters. The van der Waals surface area contributed by atoms with Crippen molar-refractivity contribution in [2.24, 2.45) is 0 Å². The van der Waals surface area contributed by atoms with Crippen LogP contribution in [0.3, 0.4) is 0 Å². The largest absolute Gasteiger partial charge is 0.279 e. The molecule has 4 aromatic rings. The van der Waals surface area contributed by atoms with Crippen LogP contribution in [0.1, 0.15) is 24.3 Å². The van der Waals surface area contributed by atoms with E-state index in [1.54, 1.807) is 12.1 Å². The van der Waals surface area contributed by atoms with E-state index in [2.05, 4.69) is 11.2 Å². The fraction of sp³-hybridized carbons (Fsp3) is 0.130. The molecule has 1 aliphatic carbocycles. The minimum Gasteiger partial charge on any atom is -0.267 e. The molecule has 0 saturated heterocycles. The zero-order valence-corrected chi connectivity index (χ0v) is 14.9. The number of hydrogen-bond acceptors (Lipinski definition) is 2. The summed E-state index contributed by atoms with van der Waals surface area (Å²) in [7, 11) is 0. The van der Waals surface area contributed by atoms with Crippen LogP contribution in [-0.2, 0) is 0 Å². The van der Waals surface area contributed by atoms with Crippen molar-refractivity contribution in [3.63, 3.8) is 0 Å². The van der Waals surface area contributed by atoms with E-state index in [0.29, 0.717) is 17.0 Å². The highest BCUT2D eigenvalue weighted by molar-refractivity contribution is 5.94. The van der Waals surface area contributed by atoms with Crippen molar-refractivity contribution < 1.29 is 8.78 Å². The Bertz CT molecular complexity index is 1280. The number of nitrogens with zero attached hydrogens (tertiary/aromatic N) is 2. The third-order valence-electron chi connectivity index (χ3n) is 5.18. The summed E-state index contributed by atoms with van der Waals surface area (Å²) in [5.41, 5.74) is 2.25. The molecule has 1 fully saturated rings. The van der Waals surface area contributed by atoms with E-state index in [-0.39, 0.29) is 5.69 Å². The van der Waals surface area contributed by atoms with Crippen LogP contribution in [0.2, 0.25) is 0 Å². The van der Waals surface area contributed by atoms with Crippen LogP contribution < -0.4 is 5.56 Å². The van der Waals surface area contributed by atoms with Crippen molar-refractivity contribution in [3.8, 4) is 16.9 Å². The molecule has 1 saturated carbocycles. The summed E-state index contributed by atoms with van der Waals surface area (Å²) < 4.78 is 28.8. The highest BCUT2D eigenvalue weighted by Crippen LogP contribution is 2.44. The Labute approximate surface area is 159 Å². The van der Waals surface area contributed by atoms with Crippen molar-refractivity contribution in [2.75, 3.05) is 0 Å². The van der Waals surface area contributed by atoms with Crippen LogP contribution >= 0.6 is 0 Å². The monoisotopic (exact) mass is 374 g/mol. The Morgan fingerprint density at radius 2 is 1.61 bits per heavy atom. The summed E-state index contributed by atoms with van der Waals surface area (Å²) in [4.78, 5) is 13.0. The lowest BCUT2D eigenvalue weighted by Crippen LogP contribution is -2.23. The van der Waals surface area contributed by atoms with Gasteiger partial charge in [-0.2, -0.15) is 9.78 Å². The topological polar surface area (TPSA) is 34.9 Å². The zero-order chi connectivity index (χ0) is 19.3. The lowest BCUT2D eigenvalue weighted by molar-refractivity contribution is 0.571. The fourth-order valence-electron chi connectivity index (χ4n) is 3.67. The molecule has 5 heteroatoms. The molecule has 0 radical (unpaired) electrons. The van der Waals surface area contributed by atoms with E-state index in [0.717, 1.165) is 40.6 Å². The Hall–Kier alpha value is -3.34. The highest BCUT2D eigenvalue weighted by atomic mass is 19.1. The molecule has 3 aromatic carbocycles. The number of aromatic nitrogens is 2. The van der Waals surface area contributed by atoms with Gasteiger partial charge in [-0.1, -0.05) is 42.5 Å². The Balaban J connectivity index is 1.85. The lowest BCUT2D eigenvalue weighted by atomic mass is 9.97. The minimum atomic E-state index is -0.827. The summed E-state index contributed by atoms with van der Waals surface area (Å²) in [6.45, 7) is 0. The van der Waals surface area contributed by atoms with Gasteiger partial charge in [-0.25, -0.2) is 8.78 Å². The first kappa shape index (κ1) is 16.8. The van der Waals surface area contributed by atoms with Crippen LogP contribution in [-0.4, -0.2) is 9.78 Å². The Morgan fingerprint density at radius 3 is 2.36 bits per heavy atom. The molecule has 3 nitrogen and oxygen atoms in total. The van der Waals surface area contributed by atoms with Crippen LogP contribution in [0, 0.1) is 11.6 Å². The van der Waals surface area contributed by atoms with Gasteiger partial charge in [-0.15, -0.1) is 0 Å². The third-order valence-corrected chi connectivity index (χ3v) is 5.18. The Kier molecular flexibility index (Phi) is 3.83. The van der Waals surface area contributed by atoms with Crippen molar-refractivity contribution >= 4 is 10.8 Å². The molecule has 0 aliphatic heterocycles. The molecule has 0 bridgehead atoms. The van der Waals surface area contributed by atoms with Crippen LogP contribution in [0.4, 0.5) is 8.78 Å². The van der Waals surface area contributed by atoms with E-state index in [1.165, 1.54) is 11.6 Å². The highest BCUT2D eigenvalue weighted by Gasteiger charge is 2.27. The number of halogens is 2. The van der Waals surface area contributed by atoms with Crippen molar-refractivity contribution in [2.45, 2.75) is 18.8 Å². The molecule has 0 spiro atoms. The maximum atomic E-state index is 14.4. The van der Waals surface area contributed by atoms with Gasteiger partial charge in [0.15, 0.2) is 5.82 Å². The normalized spacial score (nSPS) is 13.8. The quantitative estimate of drug-likeness (QED) is 0.493. The first-order valence-electron chi connectivity index (χ1n) is 9.20. The van der Waals surface area contributed by atoms with Gasteiger partial charge < -0.3 is 0 Å². The maximum Gasteiger partial charge on any atom is 0.279 e. The molecule has 1 heterocycles. The first-order chi connectivity index (χ1) is 13.6. The van der Waals surface area contributed by atoms with Gasteiger partial charge in [0.25, 0.3) is 5.56 Å². The van der Waals surface area contributed by atoms with Crippen LogP contribution in [0.25, 0.3) is 27.7 Å². The minimum absolute atomic E-state index is 0.0673. The molecule has 5 rings (SSSR count). The van der Waals surface area contributed by atoms with E-state index in [9.17, 15) is 13.6 Å². The van der Waals surface area contributed by atoms with Gasteiger partial charge in [0.2, 0.25) is 0 Å². The molecular weight excluding hydrogens is 358 g/mol. The molecule has 1 aromatic heterocycles. The SMILES string of the molecule is O=c1c2ccccc2c(-c2ccccc2C2CC2)nn1-c1ccc(F)cc1F. The second-order valence-corrected chi connectivity index (χ2v) is 7.07. The molecule has 138 valence electrons. The van der Waals surface area contributed by atoms with E-state index >= 15 is 0 Å². The second-order valence-electron chi connectivity index (χ2n) is 7.07. The molecule has 28 heavy (non-hydrogen) atoms. The number of rotatable bonds is 3. The predicted molar refractivity (Wildman–Crippen MR) is 105 cm³/mol. The van der Waals surface area contributed by atoms with E-state index < -0.39 is 17.2 Å². The average molecular weight is 374 g/mol. The maximum absolute atomic E-state index is 14.4. The van der Waals surface area contributed by atoms with Gasteiger partial charge in [0, 0.05) is 17.0 Å². The predicted octanol–water partition coefficient (Wildman–Crippen LogP) is 5.21. The lowest BCUT2D eigenvalue weighted by Gasteiger charge is -2.14.